The Morgan fingerprint density at radius 3 is 2.63 bits per heavy atom. The van der Waals surface area contributed by atoms with Crippen molar-refractivity contribution < 1.29 is 4.74 Å². The molecule has 0 saturated carbocycles. The zero-order valence-corrected chi connectivity index (χ0v) is 11.7. The summed E-state index contributed by atoms with van der Waals surface area (Å²) >= 11 is 5.75. The molecule has 0 aromatic carbocycles. The van der Waals surface area contributed by atoms with Gasteiger partial charge in [0, 0.05) is 50.2 Å². The minimum absolute atomic E-state index is 0.469. The fourth-order valence-corrected chi connectivity index (χ4v) is 2.88. The van der Waals surface area contributed by atoms with Crippen molar-refractivity contribution >= 4 is 17.5 Å². The van der Waals surface area contributed by atoms with Crippen LogP contribution in [0.3, 0.4) is 0 Å². The lowest BCUT2D eigenvalue weighted by Gasteiger charge is -2.32. The van der Waals surface area contributed by atoms with E-state index in [4.69, 9.17) is 16.3 Å². The van der Waals surface area contributed by atoms with Crippen molar-refractivity contribution in [3.8, 4) is 0 Å². The highest BCUT2D eigenvalue weighted by Gasteiger charge is 2.29. The third-order valence-electron chi connectivity index (χ3n) is 3.85. The van der Waals surface area contributed by atoms with Crippen LogP contribution in [0.2, 0.25) is 0 Å². The molecule has 2 aliphatic heterocycles. The van der Waals surface area contributed by atoms with Crippen molar-refractivity contribution in [1.29, 1.82) is 0 Å². The second-order valence-electron chi connectivity index (χ2n) is 5.06. The van der Waals surface area contributed by atoms with Crippen LogP contribution in [0, 0.1) is 0 Å². The van der Waals surface area contributed by atoms with Crippen LogP contribution in [0.1, 0.15) is 12.0 Å². The maximum atomic E-state index is 5.75. The molecular formula is C13H19ClN4O. The van der Waals surface area contributed by atoms with Crippen LogP contribution in [-0.4, -0.2) is 60.3 Å². The van der Waals surface area contributed by atoms with E-state index in [1.54, 1.807) is 0 Å². The molecule has 0 bridgehead atoms. The first-order valence-electron chi connectivity index (χ1n) is 6.80. The summed E-state index contributed by atoms with van der Waals surface area (Å²) in [5, 5.41) is 0. The third-order valence-corrected chi connectivity index (χ3v) is 4.16. The van der Waals surface area contributed by atoms with Gasteiger partial charge < -0.3 is 9.64 Å². The molecule has 0 radical (unpaired) electrons. The van der Waals surface area contributed by atoms with Crippen molar-refractivity contribution in [3.63, 3.8) is 0 Å². The molecule has 6 heteroatoms. The SMILES string of the molecule is ClCc1cnc(N2CCC(N3CCOCC3)C2)nc1. The summed E-state index contributed by atoms with van der Waals surface area (Å²) in [6, 6.07) is 0.611. The van der Waals surface area contributed by atoms with E-state index >= 15 is 0 Å². The summed E-state index contributed by atoms with van der Waals surface area (Å²) in [7, 11) is 0. The molecule has 0 amide bonds. The Kier molecular flexibility index (Phi) is 4.15. The Morgan fingerprint density at radius 2 is 1.95 bits per heavy atom. The smallest absolute Gasteiger partial charge is 0.225 e. The normalized spacial score (nSPS) is 24.9. The van der Waals surface area contributed by atoms with Gasteiger partial charge >= 0.3 is 0 Å². The number of rotatable bonds is 3. The van der Waals surface area contributed by atoms with Crippen molar-refractivity contribution in [3.05, 3.63) is 18.0 Å². The molecule has 2 aliphatic rings. The molecule has 104 valence electrons. The molecule has 0 spiro atoms. The minimum atomic E-state index is 0.469. The lowest BCUT2D eigenvalue weighted by Crippen LogP contribution is -2.44. The fourth-order valence-electron chi connectivity index (χ4n) is 2.74. The van der Waals surface area contributed by atoms with Gasteiger partial charge in [0.05, 0.1) is 19.1 Å². The summed E-state index contributed by atoms with van der Waals surface area (Å²) in [6.07, 6.45) is 4.81. The van der Waals surface area contributed by atoms with Crippen LogP contribution in [0.4, 0.5) is 5.95 Å². The molecule has 19 heavy (non-hydrogen) atoms. The number of hydrogen-bond acceptors (Lipinski definition) is 5. The van der Waals surface area contributed by atoms with E-state index in [1.807, 2.05) is 12.4 Å². The second kappa shape index (κ2) is 6.03. The molecule has 5 nitrogen and oxygen atoms in total. The molecule has 2 fully saturated rings. The van der Waals surface area contributed by atoms with Gasteiger partial charge in [-0.2, -0.15) is 0 Å². The van der Waals surface area contributed by atoms with E-state index < -0.39 is 0 Å². The van der Waals surface area contributed by atoms with E-state index in [1.165, 1.54) is 6.42 Å². The number of hydrogen-bond donors (Lipinski definition) is 0. The maximum Gasteiger partial charge on any atom is 0.225 e. The fraction of sp³-hybridized carbons (Fsp3) is 0.692. The minimum Gasteiger partial charge on any atom is -0.379 e. The number of morpholine rings is 1. The van der Waals surface area contributed by atoms with E-state index in [-0.39, 0.29) is 0 Å². The van der Waals surface area contributed by atoms with Crippen LogP contribution in [0.15, 0.2) is 12.4 Å². The van der Waals surface area contributed by atoms with Gasteiger partial charge in [0.25, 0.3) is 0 Å². The predicted octanol–water partition coefficient (Wildman–Crippen LogP) is 1.13. The average molecular weight is 283 g/mol. The molecule has 1 unspecified atom stereocenters. The largest absolute Gasteiger partial charge is 0.379 e. The number of nitrogens with zero attached hydrogens (tertiary/aromatic N) is 4. The van der Waals surface area contributed by atoms with Crippen LogP contribution >= 0.6 is 11.6 Å². The Morgan fingerprint density at radius 1 is 1.21 bits per heavy atom. The van der Waals surface area contributed by atoms with Crippen molar-refractivity contribution in [2.45, 2.75) is 18.3 Å². The van der Waals surface area contributed by atoms with Crippen LogP contribution in [-0.2, 0) is 10.6 Å². The highest BCUT2D eigenvalue weighted by atomic mass is 35.5. The van der Waals surface area contributed by atoms with Crippen molar-refractivity contribution in [2.24, 2.45) is 0 Å². The molecule has 0 aliphatic carbocycles. The highest BCUT2D eigenvalue weighted by molar-refractivity contribution is 6.17. The summed E-state index contributed by atoms with van der Waals surface area (Å²) in [5.41, 5.74) is 0.967. The average Bonchev–Trinajstić information content (AvgIpc) is 2.98. The van der Waals surface area contributed by atoms with Crippen LogP contribution in [0.25, 0.3) is 0 Å². The number of anilines is 1. The molecule has 1 aromatic heterocycles. The predicted molar refractivity (Wildman–Crippen MR) is 74.6 cm³/mol. The third kappa shape index (κ3) is 2.99. The first-order chi connectivity index (χ1) is 9.36. The zero-order chi connectivity index (χ0) is 13.1. The second-order valence-corrected chi connectivity index (χ2v) is 5.33. The first-order valence-corrected chi connectivity index (χ1v) is 7.34. The molecule has 3 rings (SSSR count). The highest BCUT2D eigenvalue weighted by Crippen LogP contribution is 2.20. The van der Waals surface area contributed by atoms with Crippen molar-refractivity contribution in [2.75, 3.05) is 44.3 Å². The number of aromatic nitrogens is 2. The standard InChI is InChI=1S/C13H19ClN4O/c14-7-11-8-15-13(16-9-11)18-2-1-12(10-18)17-3-5-19-6-4-17/h8-9,12H,1-7,10H2. The molecule has 2 saturated heterocycles. The molecule has 1 atom stereocenters. The summed E-state index contributed by atoms with van der Waals surface area (Å²) in [6.45, 7) is 5.85. The van der Waals surface area contributed by atoms with Gasteiger partial charge in [-0.25, -0.2) is 9.97 Å². The zero-order valence-electron chi connectivity index (χ0n) is 11.0. The van der Waals surface area contributed by atoms with Gasteiger partial charge in [0.2, 0.25) is 5.95 Å². The Hall–Kier alpha value is -0.910. The molecular weight excluding hydrogens is 264 g/mol. The quantitative estimate of drug-likeness (QED) is 0.778. The summed E-state index contributed by atoms with van der Waals surface area (Å²) in [4.78, 5) is 13.6. The Labute approximate surface area is 118 Å². The van der Waals surface area contributed by atoms with Gasteiger partial charge in [0.15, 0.2) is 0 Å². The van der Waals surface area contributed by atoms with E-state index in [0.29, 0.717) is 11.9 Å². The Balaban J connectivity index is 1.61. The lowest BCUT2D eigenvalue weighted by atomic mass is 10.2. The van der Waals surface area contributed by atoms with Crippen LogP contribution < -0.4 is 4.90 Å². The van der Waals surface area contributed by atoms with Crippen molar-refractivity contribution in [1.82, 2.24) is 14.9 Å². The number of ether oxygens (including phenoxy) is 1. The monoisotopic (exact) mass is 282 g/mol. The van der Waals surface area contributed by atoms with E-state index in [9.17, 15) is 0 Å². The maximum absolute atomic E-state index is 5.75. The van der Waals surface area contributed by atoms with E-state index in [2.05, 4.69) is 19.8 Å². The first kappa shape index (κ1) is 13.1. The summed E-state index contributed by atoms with van der Waals surface area (Å²) in [5.74, 6) is 1.29. The topological polar surface area (TPSA) is 41.5 Å². The van der Waals surface area contributed by atoms with Gasteiger partial charge in [-0.3, -0.25) is 4.90 Å². The summed E-state index contributed by atoms with van der Waals surface area (Å²) < 4.78 is 5.40. The Bertz CT molecular complexity index is 408. The van der Waals surface area contributed by atoms with Gasteiger partial charge in [-0.15, -0.1) is 11.6 Å². The lowest BCUT2D eigenvalue weighted by molar-refractivity contribution is 0.0209. The number of alkyl halides is 1. The molecule has 3 heterocycles. The van der Waals surface area contributed by atoms with Gasteiger partial charge in [-0.1, -0.05) is 0 Å². The van der Waals surface area contributed by atoms with Crippen LogP contribution in [0.5, 0.6) is 0 Å². The van der Waals surface area contributed by atoms with Gasteiger partial charge in [-0.05, 0) is 6.42 Å². The molecule has 0 N–H and O–H groups in total. The number of halogens is 1. The van der Waals surface area contributed by atoms with E-state index in [0.717, 1.165) is 50.9 Å². The van der Waals surface area contributed by atoms with Gasteiger partial charge in [0.1, 0.15) is 0 Å². The molecule has 1 aromatic rings.